The summed E-state index contributed by atoms with van der Waals surface area (Å²) in [5, 5.41) is 13.2. The van der Waals surface area contributed by atoms with Crippen molar-refractivity contribution in [1.29, 1.82) is 0 Å². The first-order chi connectivity index (χ1) is 10.3. The molecule has 0 aliphatic carbocycles. The van der Waals surface area contributed by atoms with Gasteiger partial charge in [0.05, 0.1) is 5.69 Å². The number of hydrogen-bond donors (Lipinski definition) is 2. The summed E-state index contributed by atoms with van der Waals surface area (Å²) in [5.41, 5.74) is 1.82. The average molecular weight is 284 g/mol. The Hall–Kier alpha value is -2.14. The van der Waals surface area contributed by atoms with Crippen molar-refractivity contribution in [2.45, 2.75) is 12.8 Å². The van der Waals surface area contributed by atoms with Gasteiger partial charge in [0.1, 0.15) is 5.75 Å². The van der Waals surface area contributed by atoms with Gasteiger partial charge in [-0.1, -0.05) is 18.2 Å². The second kappa shape index (κ2) is 6.54. The number of benzene rings is 1. The molecule has 0 saturated carbocycles. The van der Waals surface area contributed by atoms with Crippen molar-refractivity contribution in [1.82, 2.24) is 15.3 Å². The summed E-state index contributed by atoms with van der Waals surface area (Å²) in [5.74, 6) is 1.10. The molecule has 1 aliphatic heterocycles. The summed E-state index contributed by atoms with van der Waals surface area (Å²) >= 11 is 0. The fourth-order valence-electron chi connectivity index (χ4n) is 2.54. The van der Waals surface area contributed by atoms with E-state index in [9.17, 15) is 5.11 Å². The first-order valence-electron chi connectivity index (χ1n) is 7.37. The third kappa shape index (κ3) is 3.49. The number of para-hydroxylation sites is 1. The van der Waals surface area contributed by atoms with Crippen molar-refractivity contribution in [3.8, 4) is 5.75 Å². The van der Waals surface area contributed by atoms with Crippen LogP contribution in [-0.2, 0) is 6.42 Å². The zero-order valence-electron chi connectivity index (χ0n) is 12.0. The number of anilines is 1. The van der Waals surface area contributed by atoms with Crippen LogP contribution in [0.15, 0.2) is 36.5 Å². The molecule has 2 N–H and O–H groups in total. The normalized spacial score (nSPS) is 15.7. The highest BCUT2D eigenvalue weighted by Gasteiger charge is 2.12. The van der Waals surface area contributed by atoms with E-state index in [-0.39, 0.29) is 0 Å². The van der Waals surface area contributed by atoms with Crippen LogP contribution >= 0.6 is 0 Å². The quantitative estimate of drug-likeness (QED) is 0.896. The number of phenols is 1. The molecule has 5 nitrogen and oxygen atoms in total. The maximum Gasteiger partial charge on any atom is 0.225 e. The highest BCUT2D eigenvalue weighted by molar-refractivity contribution is 5.37. The highest BCUT2D eigenvalue weighted by atomic mass is 16.3. The Kier molecular flexibility index (Phi) is 4.31. The van der Waals surface area contributed by atoms with Crippen LogP contribution in [0.5, 0.6) is 5.75 Å². The Balaban J connectivity index is 1.78. The summed E-state index contributed by atoms with van der Waals surface area (Å²) in [6.07, 6.45) is 3.53. The van der Waals surface area contributed by atoms with Gasteiger partial charge in [-0.25, -0.2) is 9.97 Å². The van der Waals surface area contributed by atoms with E-state index in [1.54, 1.807) is 12.3 Å². The zero-order valence-corrected chi connectivity index (χ0v) is 12.0. The molecule has 0 radical (unpaired) electrons. The van der Waals surface area contributed by atoms with Gasteiger partial charge in [0, 0.05) is 32.3 Å². The van der Waals surface area contributed by atoms with Crippen LogP contribution in [0.25, 0.3) is 0 Å². The van der Waals surface area contributed by atoms with E-state index < -0.39 is 0 Å². The van der Waals surface area contributed by atoms with Crippen molar-refractivity contribution in [3.63, 3.8) is 0 Å². The topological polar surface area (TPSA) is 61.3 Å². The SMILES string of the molecule is Oc1ccccc1Cc1ccnc(N2CCCNCC2)n1. The van der Waals surface area contributed by atoms with Gasteiger partial charge in [0.15, 0.2) is 0 Å². The fourth-order valence-corrected chi connectivity index (χ4v) is 2.54. The standard InChI is InChI=1S/C16H20N4O/c21-15-5-2-1-4-13(15)12-14-6-8-18-16(19-14)20-10-3-7-17-9-11-20/h1-2,4-6,8,17,21H,3,7,9-12H2. The number of nitrogens with one attached hydrogen (secondary N) is 1. The number of hydrogen-bond acceptors (Lipinski definition) is 5. The summed E-state index contributed by atoms with van der Waals surface area (Å²) in [7, 11) is 0. The molecule has 1 fully saturated rings. The lowest BCUT2D eigenvalue weighted by molar-refractivity contribution is 0.469. The molecule has 3 rings (SSSR count). The van der Waals surface area contributed by atoms with Crippen LogP contribution in [0.3, 0.4) is 0 Å². The summed E-state index contributed by atoms with van der Waals surface area (Å²) in [4.78, 5) is 11.3. The molecular weight excluding hydrogens is 264 g/mol. The van der Waals surface area contributed by atoms with E-state index in [0.717, 1.165) is 49.8 Å². The maximum absolute atomic E-state index is 9.86. The molecular formula is C16H20N4O. The predicted molar refractivity (Wildman–Crippen MR) is 82.6 cm³/mol. The van der Waals surface area contributed by atoms with E-state index in [1.807, 2.05) is 24.3 Å². The Bertz CT molecular complexity index is 594. The first kappa shape index (κ1) is 13.8. The lowest BCUT2D eigenvalue weighted by atomic mass is 10.1. The maximum atomic E-state index is 9.86. The minimum atomic E-state index is 0.316. The highest BCUT2D eigenvalue weighted by Crippen LogP contribution is 2.19. The van der Waals surface area contributed by atoms with Crippen LogP contribution in [0.1, 0.15) is 17.7 Å². The van der Waals surface area contributed by atoms with Crippen molar-refractivity contribution in [2.24, 2.45) is 0 Å². The molecule has 2 aromatic rings. The molecule has 0 spiro atoms. The molecule has 0 amide bonds. The lowest BCUT2D eigenvalue weighted by Crippen LogP contribution is -2.29. The van der Waals surface area contributed by atoms with Gasteiger partial charge in [-0.2, -0.15) is 0 Å². The second-order valence-corrected chi connectivity index (χ2v) is 5.24. The smallest absolute Gasteiger partial charge is 0.225 e. The Morgan fingerprint density at radius 2 is 2.05 bits per heavy atom. The van der Waals surface area contributed by atoms with E-state index in [1.165, 1.54) is 0 Å². The Labute approximate surface area is 124 Å². The van der Waals surface area contributed by atoms with Crippen LogP contribution < -0.4 is 10.2 Å². The van der Waals surface area contributed by atoms with E-state index in [0.29, 0.717) is 12.2 Å². The summed E-state index contributed by atoms with van der Waals surface area (Å²) in [6.45, 7) is 3.92. The Morgan fingerprint density at radius 3 is 2.95 bits per heavy atom. The van der Waals surface area contributed by atoms with Crippen LogP contribution in [-0.4, -0.2) is 41.3 Å². The third-order valence-electron chi connectivity index (χ3n) is 3.69. The van der Waals surface area contributed by atoms with Crippen molar-refractivity contribution < 1.29 is 5.11 Å². The van der Waals surface area contributed by atoms with Gasteiger partial charge in [0.25, 0.3) is 0 Å². The molecule has 21 heavy (non-hydrogen) atoms. The molecule has 1 saturated heterocycles. The third-order valence-corrected chi connectivity index (χ3v) is 3.69. The summed E-state index contributed by atoms with van der Waals surface area (Å²) in [6, 6.07) is 9.29. The van der Waals surface area contributed by atoms with Crippen molar-refractivity contribution in [3.05, 3.63) is 47.8 Å². The number of nitrogens with zero attached hydrogens (tertiary/aromatic N) is 3. The van der Waals surface area contributed by atoms with Gasteiger partial charge >= 0.3 is 0 Å². The molecule has 1 aliphatic rings. The first-order valence-corrected chi connectivity index (χ1v) is 7.37. The van der Waals surface area contributed by atoms with E-state index in [2.05, 4.69) is 20.2 Å². The van der Waals surface area contributed by atoms with Gasteiger partial charge in [-0.15, -0.1) is 0 Å². The average Bonchev–Trinajstić information content (AvgIpc) is 2.79. The number of phenolic OH excluding ortho intramolecular Hbond substituents is 1. The van der Waals surface area contributed by atoms with Crippen LogP contribution in [0, 0.1) is 0 Å². The number of aromatic hydroxyl groups is 1. The zero-order chi connectivity index (χ0) is 14.5. The number of aromatic nitrogens is 2. The molecule has 1 aromatic heterocycles. The molecule has 2 heterocycles. The lowest BCUT2D eigenvalue weighted by Gasteiger charge is -2.20. The molecule has 0 atom stereocenters. The van der Waals surface area contributed by atoms with Crippen LogP contribution in [0.4, 0.5) is 5.95 Å². The van der Waals surface area contributed by atoms with Gasteiger partial charge in [-0.05, 0) is 30.7 Å². The second-order valence-electron chi connectivity index (χ2n) is 5.24. The minimum Gasteiger partial charge on any atom is -0.508 e. The predicted octanol–water partition coefficient (Wildman–Crippen LogP) is 1.57. The van der Waals surface area contributed by atoms with E-state index in [4.69, 9.17) is 0 Å². The van der Waals surface area contributed by atoms with Crippen molar-refractivity contribution >= 4 is 5.95 Å². The van der Waals surface area contributed by atoms with Gasteiger partial charge < -0.3 is 15.3 Å². The molecule has 0 bridgehead atoms. The largest absolute Gasteiger partial charge is 0.508 e. The molecule has 5 heteroatoms. The van der Waals surface area contributed by atoms with Gasteiger partial charge in [-0.3, -0.25) is 0 Å². The molecule has 1 aromatic carbocycles. The minimum absolute atomic E-state index is 0.316. The van der Waals surface area contributed by atoms with Crippen LogP contribution in [0.2, 0.25) is 0 Å². The van der Waals surface area contributed by atoms with Crippen molar-refractivity contribution in [2.75, 3.05) is 31.1 Å². The monoisotopic (exact) mass is 284 g/mol. The molecule has 110 valence electrons. The van der Waals surface area contributed by atoms with E-state index >= 15 is 0 Å². The summed E-state index contributed by atoms with van der Waals surface area (Å²) < 4.78 is 0. The Morgan fingerprint density at radius 1 is 1.14 bits per heavy atom. The number of rotatable bonds is 3. The molecule has 0 unspecified atom stereocenters. The van der Waals surface area contributed by atoms with Gasteiger partial charge in [0.2, 0.25) is 5.95 Å². The fraction of sp³-hybridized carbons (Fsp3) is 0.375.